The van der Waals surface area contributed by atoms with Gasteiger partial charge in [-0.25, -0.2) is 14.8 Å². The number of ether oxygens (including phenoxy) is 1. The Morgan fingerprint density at radius 2 is 1.91 bits per heavy atom. The van der Waals surface area contributed by atoms with E-state index in [2.05, 4.69) is 16.9 Å². The maximum absolute atomic E-state index is 12.7. The Morgan fingerprint density at radius 1 is 1.27 bits per heavy atom. The number of aryl methyl sites for hydroxylation is 1. The Balaban J connectivity index is 2.26. The highest BCUT2D eigenvalue weighted by atomic mass is 16.6. The third kappa shape index (κ3) is 4.42. The highest BCUT2D eigenvalue weighted by Crippen LogP contribution is 2.20. The number of anilines is 1. The minimum absolute atomic E-state index is 0.379. The zero-order chi connectivity index (χ0) is 16.3. The van der Waals surface area contributed by atoms with Crippen LogP contribution < -0.4 is 5.01 Å². The van der Waals surface area contributed by atoms with Crippen molar-refractivity contribution in [3.05, 3.63) is 23.9 Å². The molecule has 1 aromatic rings. The molecule has 1 saturated heterocycles. The van der Waals surface area contributed by atoms with Crippen molar-refractivity contribution in [3.63, 3.8) is 0 Å². The molecule has 0 aromatic carbocycles. The normalized spacial score (nSPS) is 17.3. The first-order valence-corrected chi connectivity index (χ1v) is 7.65. The van der Waals surface area contributed by atoms with Crippen LogP contribution in [0.3, 0.4) is 0 Å². The fourth-order valence-electron chi connectivity index (χ4n) is 2.29. The lowest BCUT2D eigenvalue weighted by molar-refractivity contribution is 0.0402. The predicted octanol–water partition coefficient (Wildman–Crippen LogP) is 2.29. The Hall–Kier alpha value is -1.66. The molecule has 22 heavy (non-hydrogen) atoms. The minimum Gasteiger partial charge on any atom is -0.442 e. The van der Waals surface area contributed by atoms with Crippen molar-refractivity contribution >= 4 is 11.9 Å². The number of amides is 1. The molecular formula is C16H26N4O2. The summed E-state index contributed by atoms with van der Waals surface area (Å²) in [7, 11) is 2.08. The standard InChI is InChI=1S/C16H26N4O2/c1-13-6-7-17-14(12-13)20(15(21)22-16(2,3)4)19-10-8-18(5)9-11-19/h6-7,12H,8-11H2,1-5H3. The van der Waals surface area contributed by atoms with Crippen LogP contribution in [0.2, 0.25) is 0 Å². The zero-order valence-corrected chi connectivity index (χ0v) is 14.2. The third-order valence-electron chi connectivity index (χ3n) is 3.45. The van der Waals surface area contributed by atoms with Crippen molar-refractivity contribution in [3.8, 4) is 0 Å². The van der Waals surface area contributed by atoms with Gasteiger partial charge in [0.1, 0.15) is 5.60 Å². The van der Waals surface area contributed by atoms with Gasteiger partial charge < -0.3 is 9.64 Å². The molecule has 0 atom stereocenters. The van der Waals surface area contributed by atoms with Gasteiger partial charge in [0.2, 0.25) is 0 Å². The Labute approximate surface area is 132 Å². The number of nitrogens with zero attached hydrogens (tertiary/aromatic N) is 4. The largest absolute Gasteiger partial charge is 0.442 e. The van der Waals surface area contributed by atoms with Crippen LogP contribution in [-0.2, 0) is 4.74 Å². The van der Waals surface area contributed by atoms with Gasteiger partial charge in [-0.05, 0) is 52.4 Å². The van der Waals surface area contributed by atoms with Crippen LogP contribution in [0, 0.1) is 6.92 Å². The van der Waals surface area contributed by atoms with E-state index < -0.39 is 5.60 Å². The number of aromatic nitrogens is 1. The van der Waals surface area contributed by atoms with Crippen molar-refractivity contribution in [2.24, 2.45) is 0 Å². The molecule has 2 heterocycles. The lowest BCUT2D eigenvalue weighted by Gasteiger charge is -2.39. The summed E-state index contributed by atoms with van der Waals surface area (Å²) < 4.78 is 5.57. The second kappa shape index (κ2) is 6.62. The van der Waals surface area contributed by atoms with Gasteiger partial charge in [-0.2, -0.15) is 5.01 Å². The predicted molar refractivity (Wildman–Crippen MR) is 86.8 cm³/mol. The molecule has 0 bridgehead atoms. The van der Waals surface area contributed by atoms with E-state index >= 15 is 0 Å². The number of rotatable bonds is 2. The lowest BCUT2D eigenvalue weighted by atomic mass is 10.2. The average molecular weight is 306 g/mol. The highest BCUT2D eigenvalue weighted by molar-refractivity contribution is 5.85. The van der Waals surface area contributed by atoms with Gasteiger partial charge in [-0.1, -0.05) is 0 Å². The smallest absolute Gasteiger partial charge is 0.431 e. The van der Waals surface area contributed by atoms with Gasteiger partial charge in [0.05, 0.1) is 0 Å². The molecule has 122 valence electrons. The molecule has 0 unspecified atom stereocenters. The second-order valence-corrected chi connectivity index (χ2v) is 6.74. The molecule has 1 aliphatic heterocycles. The summed E-state index contributed by atoms with van der Waals surface area (Å²) in [6.45, 7) is 11.0. The summed E-state index contributed by atoms with van der Waals surface area (Å²) in [6.07, 6.45) is 1.34. The number of hydrogen-bond acceptors (Lipinski definition) is 5. The van der Waals surface area contributed by atoms with Gasteiger partial charge in [0.15, 0.2) is 5.82 Å². The number of carbonyl (C=O) groups excluding carboxylic acids is 1. The molecule has 6 heteroatoms. The number of pyridine rings is 1. The van der Waals surface area contributed by atoms with Crippen LogP contribution >= 0.6 is 0 Å². The molecule has 1 aliphatic rings. The maximum atomic E-state index is 12.7. The number of hydrazine groups is 1. The molecule has 0 saturated carbocycles. The number of piperazine rings is 1. The summed E-state index contributed by atoms with van der Waals surface area (Å²) in [6, 6.07) is 3.82. The molecule has 1 amide bonds. The minimum atomic E-state index is -0.536. The Kier molecular flexibility index (Phi) is 5.03. The van der Waals surface area contributed by atoms with Crippen LogP contribution in [0.15, 0.2) is 18.3 Å². The Morgan fingerprint density at radius 3 is 2.45 bits per heavy atom. The summed E-state index contributed by atoms with van der Waals surface area (Å²) in [5.41, 5.74) is 0.527. The molecule has 0 radical (unpaired) electrons. The first-order valence-electron chi connectivity index (χ1n) is 7.65. The number of likely N-dealkylation sites (N-methyl/N-ethyl adjacent to an activating group) is 1. The summed E-state index contributed by atoms with van der Waals surface area (Å²) in [5.74, 6) is 0.610. The Bertz CT molecular complexity index is 519. The average Bonchev–Trinajstić information content (AvgIpc) is 2.39. The quantitative estimate of drug-likeness (QED) is 0.839. The van der Waals surface area contributed by atoms with Gasteiger partial charge in [0.25, 0.3) is 0 Å². The van der Waals surface area contributed by atoms with E-state index in [1.807, 2.05) is 44.8 Å². The van der Waals surface area contributed by atoms with Crippen LogP contribution in [0.25, 0.3) is 0 Å². The van der Waals surface area contributed by atoms with E-state index in [1.165, 1.54) is 0 Å². The van der Waals surface area contributed by atoms with Crippen LogP contribution in [0.1, 0.15) is 26.3 Å². The van der Waals surface area contributed by atoms with Crippen LogP contribution in [-0.4, -0.2) is 59.8 Å². The van der Waals surface area contributed by atoms with Crippen molar-refractivity contribution in [2.45, 2.75) is 33.3 Å². The first-order chi connectivity index (χ1) is 10.3. The molecule has 0 aliphatic carbocycles. The summed E-state index contributed by atoms with van der Waals surface area (Å²) >= 11 is 0. The number of carbonyl (C=O) groups is 1. The van der Waals surface area contributed by atoms with E-state index in [0.717, 1.165) is 31.7 Å². The molecule has 6 nitrogen and oxygen atoms in total. The van der Waals surface area contributed by atoms with Crippen LogP contribution in [0.5, 0.6) is 0 Å². The number of hydrogen-bond donors (Lipinski definition) is 0. The molecule has 0 spiro atoms. The van der Waals surface area contributed by atoms with Crippen LogP contribution in [0.4, 0.5) is 10.6 Å². The van der Waals surface area contributed by atoms with E-state index in [4.69, 9.17) is 4.74 Å². The fraction of sp³-hybridized carbons (Fsp3) is 0.625. The topological polar surface area (TPSA) is 48.9 Å². The van der Waals surface area contributed by atoms with Crippen molar-refractivity contribution < 1.29 is 9.53 Å². The molecule has 2 rings (SSSR count). The molecule has 1 aromatic heterocycles. The molecule has 1 fully saturated rings. The first kappa shape index (κ1) is 16.7. The van der Waals surface area contributed by atoms with Crippen molar-refractivity contribution in [1.82, 2.24) is 14.9 Å². The monoisotopic (exact) mass is 306 g/mol. The maximum Gasteiger partial charge on any atom is 0.431 e. The van der Waals surface area contributed by atoms with Crippen molar-refractivity contribution in [1.29, 1.82) is 0 Å². The van der Waals surface area contributed by atoms with E-state index in [-0.39, 0.29) is 6.09 Å². The molecule has 0 N–H and O–H groups in total. The van der Waals surface area contributed by atoms with E-state index in [9.17, 15) is 4.79 Å². The lowest BCUT2D eigenvalue weighted by Crippen LogP contribution is -2.56. The van der Waals surface area contributed by atoms with Gasteiger partial charge in [-0.3, -0.25) is 0 Å². The second-order valence-electron chi connectivity index (χ2n) is 6.74. The summed E-state index contributed by atoms with van der Waals surface area (Å²) in [4.78, 5) is 19.3. The van der Waals surface area contributed by atoms with Gasteiger partial charge >= 0.3 is 6.09 Å². The zero-order valence-electron chi connectivity index (χ0n) is 14.2. The van der Waals surface area contributed by atoms with E-state index in [0.29, 0.717) is 5.82 Å². The molecular weight excluding hydrogens is 280 g/mol. The van der Waals surface area contributed by atoms with Crippen molar-refractivity contribution in [2.75, 3.05) is 38.2 Å². The third-order valence-corrected chi connectivity index (χ3v) is 3.45. The fourth-order valence-corrected chi connectivity index (χ4v) is 2.29. The van der Waals surface area contributed by atoms with Gasteiger partial charge in [0, 0.05) is 32.4 Å². The summed E-state index contributed by atoms with van der Waals surface area (Å²) in [5, 5.41) is 3.58. The highest BCUT2D eigenvalue weighted by Gasteiger charge is 2.31. The van der Waals surface area contributed by atoms with E-state index in [1.54, 1.807) is 11.2 Å². The SMILES string of the molecule is Cc1ccnc(N(C(=O)OC(C)(C)C)N2CCN(C)CC2)c1. The van der Waals surface area contributed by atoms with Gasteiger partial charge in [-0.15, -0.1) is 0 Å².